The number of halogens is 1. The molecular formula is C17H21FN4O. The second kappa shape index (κ2) is 8.22. The maximum Gasteiger partial charge on any atom is 0.271 e. The molecule has 1 heterocycles. The van der Waals surface area contributed by atoms with E-state index in [1.54, 1.807) is 12.1 Å². The van der Waals surface area contributed by atoms with Gasteiger partial charge in [0, 0.05) is 13.1 Å². The molecular weight excluding hydrogens is 295 g/mol. The first-order valence-electron chi connectivity index (χ1n) is 7.64. The predicted octanol–water partition coefficient (Wildman–Crippen LogP) is 2.66. The molecule has 122 valence electrons. The lowest BCUT2D eigenvalue weighted by Crippen LogP contribution is -2.28. The first-order chi connectivity index (χ1) is 11.1. The Morgan fingerprint density at radius 1 is 1.22 bits per heavy atom. The molecule has 0 saturated heterocycles. The molecule has 1 amide bonds. The minimum atomic E-state index is -0.232. The van der Waals surface area contributed by atoms with Crippen LogP contribution in [0, 0.1) is 11.7 Å². The van der Waals surface area contributed by atoms with Gasteiger partial charge in [0.2, 0.25) is 0 Å². The minimum Gasteiger partial charge on any atom is -0.368 e. The lowest BCUT2D eigenvalue weighted by Gasteiger charge is -2.08. The standard InChI is InChI=1S/C17H21FN4O/c1-12(2)9-22-17(23)15-10-21-16(11-20-15)19-8-7-13-5-3-4-6-14(13)18/h3-6,10-12H,7-9H2,1-2H3,(H,19,21)(H,22,23). The van der Waals surface area contributed by atoms with Gasteiger partial charge in [-0.3, -0.25) is 4.79 Å². The summed E-state index contributed by atoms with van der Waals surface area (Å²) in [5.41, 5.74) is 0.933. The van der Waals surface area contributed by atoms with E-state index >= 15 is 0 Å². The number of rotatable bonds is 7. The van der Waals surface area contributed by atoms with Crippen molar-refractivity contribution in [2.75, 3.05) is 18.4 Å². The van der Waals surface area contributed by atoms with E-state index in [-0.39, 0.29) is 17.4 Å². The predicted molar refractivity (Wildman–Crippen MR) is 87.8 cm³/mol. The van der Waals surface area contributed by atoms with E-state index in [0.29, 0.717) is 36.8 Å². The third-order valence-electron chi connectivity index (χ3n) is 3.21. The van der Waals surface area contributed by atoms with Crippen molar-refractivity contribution < 1.29 is 9.18 Å². The van der Waals surface area contributed by atoms with Gasteiger partial charge in [-0.1, -0.05) is 32.0 Å². The van der Waals surface area contributed by atoms with Crippen LogP contribution in [0.3, 0.4) is 0 Å². The van der Waals surface area contributed by atoms with E-state index in [9.17, 15) is 9.18 Å². The maximum atomic E-state index is 13.5. The van der Waals surface area contributed by atoms with Gasteiger partial charge >= 0.3 is 0 Å². The van der Waals surface area contributed by atoms with Crippen LogP contribution in [0.4, 0.5) is 10.2 Å². The van der Waals surface area contributed by atoms with E-state index in [2.05, 4.69) is 20.6 Å². The van der Waals surface area contributed by atoms with Crippen molar-refractivity contribution >= 4 is 11.7 Å². The Hall–Kier alpha value is -2.50. The van der Waals surface area contributed by atoms with E-state index in [1.807, 2.05) is 19.9 Å². The van der Waals surface area contributed by atoms with Crippen LogP contribution in [0.15, 0.2) is 36.7 Å². The summed E-state index contributed by atoms with van der Waals surface area (Å²) in [6.07, 6.45) is 3.48. The fourth-order valence-electron chi connectivity index (χ4n) is 1.95. The highest BCUT2D eigenvalue weighted by Crippen LogP contribution is 2.08. The number of benzene rings is 1. The molecule has 2 aromatic rings. The number of nitrogens with one attached hydrogen (secondary N) is 2. The van der Waals surface area contributed by atoms with Crippen molar-refractivity contribution in [3.8, 4) is 0 Å². The van der Waals surface area contributed by atoms with Crippen LogP contribution in [0.5, 0.6) is 0 Å². The molecule has 2 N–H and O–H groups in total. The largest absolute Gasteiger partial charge is 0.368 e. The van der Waals surface area contributed by atoms with Gasteiger partial charge in [0.1, 0.15) is 17.3 Å². The fourth-order valence-corrected chi connectivity index (χ4v) is 1.95. The zero-order chi connectivity index (χ0) is 16.7. The van der Waals surface area contributed by atoms with Gasteiger partial charge in [-0.25, -0.2) is 14.4 Å². The third-order valence-corrected chi connectivity index (χ3v) is 3.21. The summed E-state index contributed by atoms with van der Waals surface area (Å²) in [5, 5.41) is 5.85. The van der Waals surface area contributed by atoms with Crippen LogP contribution >= 0.6 is 0 Å². The molecule has 0 fully saturated rings. The van der Waals surface area contributed by atoms with Crippen molar-refractivity contribution in [1.29, 1.82) is 0 Å². The quantitative estimate of drug-likeness (QED) is 0.824. The highest BCUT2D eigenvalue weighted by atomic mass is 19.1. The van der Waals surface area contributed by atoms with Gasteiger partial charge in [0.05, 0.1) is 12.4 Å². The molecule has 0 aliphatic rings. The summed E-state index contributed by atoms with van der Waals surface area (Å²) < 4.78 is 13.5. The Balaban J connectivity index is 1.83. The Kier molecular flexibility index (Phi) is 6.02. The normalized spacial score (nSPS) is 10.6. The molecule has 1 aromatic heterocycles. The molecule has 2 rings (SSSR count). The number of amides is 1. The third kappa shape index (κ3) is 5.32. The molecule has 0 saturated carbocycles. The number of nitrogens with zero attached hydrogens (tertiary/aromatic N) is 2. The van der Waals surface area contributed by atoms with Crippen LogP contribution in [-0.4, -0.2) is 29.0 Å². The lowest BCUT2D eigenvalue weighted by atomic mass is 10.1. The monoisotopic (exact) mass is 316 g/mol. The SMILES string of the molecule is CC(C)CNC(=O)c1cnc(NCCc2ccccc2F)cn1. The number of carbonyl (C=O) groups excluding carboxylic acids is 1. The number of anilines is 1. The number of hydrogen-bond acceptors (Lipinski definition) is 4. The minimum absolute atomic E-state index is 0.211. The molecule has 0 bridgehead atoms. The number of carbonyl (C=O) groups is 1. The van der Waals surface area contributed by atoms with E-state index in [0.717, 1.165) is 0 Å². The summed E-state index contributed by atoms with van der Waals surface area (Å²) in [6.45, 7) is 5.18. The summed E-state index contributed by atoms with van der Waals surface area (Å²) in [7, 11) is 0. The van der Waals surface area contributed by atoms with Gasteiger partial charge in [0.15, 0.2) is 0 Å². The molecule has 6 heteroatoms. The molecule has 0 atom stereocenters. The fraction of sp³-hybridized carbons (Fsp3) is 0.353. The smallest absolute Gasteiger partial charge is 0.271 e. The zero-order valence-electron chi connectivity index (χ0n) is 13.3. The van der Waals surface area contributed by atoms with Crippen LogP contribution < -0.4 is 10.6 Å². The molecule has 23 heavy (non-hydrogen) atoms. The van der Waals surface area contributed by atoms with Crippen molar-refractivity contribution in [2.45, 2.75) is 20.3 Å². The summed E-state index contributed by atoms with van der Waals surface area (Å²) >= 11 is 0. The molecule has 0 aliphatic carbocycles. The average molecular weight is 316 g/mol. The van der Waals surface area contributed by atoms with Crippen molar-refractivity contribution in [3.63, 3.8) is 0 Å². The maximum absolute atomic E-state index is 13.5. The van der Waals surface area contributed by atoms with Crippen LogP contribution in [0.1, 0.15) is 29.9 Å². The summed E-state index contributed by atoms with van der Waals surface area (Å²) in [4.78, 5) is 20.1. The summed E-state index contributed by atoms with van der Waals surface area (Å²) in [5.74, 6) is 0.495. The highest BCUT2D eigenvalue weighted by molar-refractivity contribution is 5.91. The van der Waals surface area contributed by atoms with Crippen molar-refractivity contribution in [2.24, 2.45) is 5.92 Å². The second-order valence-electron chi connectivity index (χ2n) is 5.66. The van der Waals surface area contributed by atoms with Crippen molar-refractivity contribution in [1.82, 2.24) is 15.3 Å². The molecule has 0 radical (unpaired) electrons. The van der Waals surface area contributed by atoms with Gasteiger partial charge < -0.3 is 10.6 Å². The van der Waals surface area contributed by atoms with Gasteiger partial charge in [0.25, 0.3) is 5.91 Å². The van der Waals surface area contributed by atoms with Crippen LogP contribution in [-0.2, 0) is 6.42 Å². The Morgan fingerprint density at radius 3 is 2.65 bits per heavy atom. The van der Waals surface area contributed by atoms with Gasteiger partial charge in [-0.15, -0.1) is 0 Å². The first-order valence-corrected chi connectivity index (χ1v) is 7.64. The van der Waals surface area contributed by atoms with Crippen LogP contribution in [0.25, 0.3) is 0 Å². The molecule has 0 aliphatic heterocycles. The average Bonchev–Trinajstić information content (AvgIpc) is 2.55. The lowest BCUT2D eigenvalue weighted by molar-refractivity contribution is 0.0943. The molecule has 1 aromatic carbocycles. The van der Waals surface area contributed by atoms with Gasteiger partial charge in [-0.2, -0.15) is 0 Å². The van der Waals surface area contributed by atoms with Gasteiger partial charge in [-0.05, 0) is 24.0 Å². The highest BCUT2D eigenvalue weighted by Gasteiger charge is 2.08. The zero-order valence-corrected chi connectivity index (χ0v) is 13.3. The topological polar surface area (TPSA) is 66.9 Å². The molecule has 0 unspecified atom stereocenters. The Labute approximate surface area is 135 Å². The second-order valence-corrected chi connectivity index (χ2v) is 5.66. The van der Waals surface area contributed by atoms with Crippen LogP contribution in [0.2, 0.25) is 0 Å². The van der Waals surface area contributed by atoms with Crippen molar-refractivity contribution in [3.05, 3.63) is 53.7 Å². The summed E-state index contributed by atoms with van der Waals surface area (Å²) in [6, 6.07) is 6.67. The number of aromatic nitrogens is 2. The number of hydrogen-bond donors (Lipinski definition) is 2. The Morgan fingerprint density at radius 2 is 2.00 bits per heavy atom. The van der Waals surface area contributed by atoms with E-state index in [4.69, 9.17) is 0 Å². The first kappa shape index (κ1) is 16.9. The Bertz CT molecular complexity index is 643. The molecule has 0 spiro atoms. The van der Waals surface area contributed by atoms with E-state index < -0.39 is 0 Å². The van der Waals surface area contributed by atoms with E-state index in [1.165, 1.54) is 18.5 Å². The molecule has 5 nitrogen and oxygen atoms in total.